The summed E-state index contributed by atoms with van der Waals surface area (Å²) >= 11 is 6.77. The van der Waals surface area contributed by atoms with E-state index in [0.717, 1.165) is 20.2 Å². The number of carbonyl (C=O) groups is 1. The van der Waals surface area contributed by atoms with Crippen molar-refractivity contribution in [1.29, 1.82) is 0 Å². The van der Waals surface area contributed by atoms with Crippen molar-refractivity contribution in [2.24, 2.45) is 5.10 Å². The summed E-state index contributed by atoms with van der Waals surface area (Å²) < 4.78 is 7.43. The van der Waals surface area contributed by atoms with E-state index >= 15 is 0 Å². The van der Waals surface area contributed by atoms with E-state index in [4.69, 9.17) is 4.74 Å². The molecule has 25 heavy (non-hydrogen) atoms. The van der Waals surface area contributed by atoms with Crippen molar-refractivity contribution in [3.8, 4) is 5.75 Å². The Morgan fingerprint density at radius 2 is 1.88 bits per heavy atom. The highest BCUT2D eigenvalue weighted by molar-refractivity contribution is 9.10. The van der Waals surface area contributed by atoms with Gasteiger partial charge >= 0.3 is 0 Å². The minimum Gasteiger partial charge on any atom is -0.489 e. The number of anilines is 1. The number of nitrogens with one attached hydrogen (secondary N) is 2. The van der Waals surface area contributed by atoms with Gasteiger partial charge in [-0.2, -0.15) is 5.10 Å². The van der Waals surface area contributed by atoms with E-state index in [0.29, 0.717) is 12.4 Å². The number of benzene rings is 2. The van der Waals surface area contributed by atoms with Crippen LogP contribution in [0, 0.1) is 0 Å². The lowest BCUT2D eigenvalue weighted by Crippen LogP contribution is -2.25. The highest BCUT2D eigenvalue weighted by Gasteiger charge is 2.03. The fourth-order valence-corrected chi connectivity index (χ4v) is 2.51. The summed E-state index contributed by atoms with van der Waals surface area (Å²) in [4.78, 5) is 11.8. The Hall–Kier alpha value is -2.12. The zero-order valence-corrected chi connectivity index (χ0v) is 16.5. The Morgan fingerprint density at radius 3 is 2.60 bits per heavy atom. The topological polar surface area (TPSA) is 62.7 Å². The van der Waals surface area contributed by atoms with Crippen molar-refractivity contribution in [3.05, 3.63) is 69.6 Å². The summed E-state index contributed by atoms with van der Waals surface area (Å²) in [6.07, 6.45) is 3.21. The third-order valence-corrected chi connectivity index (χ3v) is 4.04. The van der Waals surface area contributed by atoms with Crippen molar-refractivity contribution in [3.63, 3.8) is 0 Å². The number of amides is 1. The Kier molecular flexibility index (Phi) is 7.69. The molecule has 2 aromatic carbocycles. The summed E-state index contributed by atoms with van der Waals surface area (Å²) in [6.45, 7) is 4.14. The summed E-state index contributed by atoms with van der Waals surface area (Å²) in [7, 11) is 0. The minimum absolute atomic E-state index is 0.122. The summed E-state index contributed by atoms with van der Waals surface area (Å²) in [5.74, 6) is 0.414. The number of hydrogen-bond acceptors (Lipinski definition) is 4. The standard InChI is InChI=1S/C18H17Br2N3O2/c1-2-9-25-17-8-5-15(20)10-13(17)11-22-23-18(24)12-21-16-6-3-14(19)4-7-16/h2-8,10-11,21H,1,9,12H2,(H,23,24)/b22-11-. The molecule has 130 valence electrons. The molecule has 0 aromatic heterocycles. The average molecular weight is 467 g/mol. The molecule has 0 saturated carbocycles. The second kappa shape index (κ2) is 10.0. The monoisotopic (exact) mass is 465 g/mol. The molecule has 1 amide bonds. The van der Waals surface area contributed by atoms with Crippen LogP contribution in [0.2, 0.25) is 0 Å². The lowest BCUT2D eigenvalue weighted by molar-refractivity contribution is -0.119. The summed E-state index contributed by atoms with van der Waals surface area (Å²) in [5, 5.41) is 7.00. The maximum absolute atomic E-state index is 11.8. The van der Waals surface area contributed by atoms with Gasteiger partial charge in [-0.15, -0.1) is 0 Å². The molecule has 0 aliphatic rings. The number of rotatable bonds is 8. The van der Waals surface area contributed by atoms with Gasteiger partial charge in [-0.1, -0.05) is 44.5 Å². The third kappa shape index (κ3) is 6.72. The van der Waals surface area contributed by atoms with E-state index < -0.39 is 0 Å². The first-order valence-electron chi connectivity index (χ1n) is 7.43. The van der Waals surface area contributed by atoms with Crippen molar-refractivity contribution in [2.45, 2.75) is 0 Å². The number of hydrogen-bond donors (Lipinski definition) is 2. The molecule has 0 aliphatic carbocycles. The number of ether oxygens (including phenoxy) is 1. The molecular formula is C18H17Br2N3O2. The van der Waals surface area contributed by atoms with E-state index in [1.54, 1.807) is 12.3 Å². The van der Waals surface area contributed by atoms with E-state index in [1.807, 2.05) is 42.5 Å². The smallest absolute Gasteiger partial charge is 0.259 e. The molecule has 0 radical (unpaired) electrons. The molecular weight excluding hydrogens is 450 g/mol. The first-order valence-corrected chi connectivity index (χ1v) is 9.01. The predicted molar refractivity (Wildman–Crippen MR) is 108 cm³/mol. The first-order chi connectivity index (χ1) is 12.1. The normalized spacial score (nSPS) is 10.5. The first kappa shape index (κ1) is 19.2. The number of hydrazone groups is 1. The summed E-state index contributed by atoms with van der Waals surface area (Å²) in [6, 6.07) is 13.1. The maximum atomic E-state index is 11.8. The SMILES string of the molecule is C=CCOc1ccc(Br)cc1/C=N\NC(=O)CNc1ccc(Br)cc1. The second-order valence-corrected chi connectivity index (χ2v) is 6.77. The average Bonchev–Trinajstić information content (AvgIpc) is 2.60. The molecule has 0 bridgehead atoms. The molecule has 5 nitrogen and oxygen atoms in total. The molecule has 0 unspecified atom stereocenters. The summed E-state index contributed by atoms with van der Waals surface area (Å²) in [5.41, 5.74) is 4.09. The van der Waals surface area contributed by atoms with Crippen LogP contribution < -0.4 is 15.5 Å². The van der Waals surface area contributed by atoms with Crippen LogP contribution in [0.5, 0.6) is 5.75 Å². The van der Waals surface area contributed by atoms with E-state index in [9.17, 15) is 4.79 Å². The van der Waals surface area contributed by atoms with Gasteiger partial charge in [0.15, 0.2) is 0 Å². The molecule has 0 spiro atoms. The van der Waals surface area contributed by atoms with Gasteiger partial charge < -0.3 is 10.1 Å². The highest BCUT2D eigenvalue weighted by atomic mass is 79.9. The van der Waals surface area contributed by atoms with E-state index in [2.05, 4.69) is 54.3 Å². The molecule has 0 heterocycles. The van der Waals surface area contributed by atoms with Crippen molar-refractivity contribution in [2.75, 3.05) is 18.5 Å². The minimum atomic E-state index is -0.247. The number of carbonyl (C=O) groups excluding carboxylic acids is 1. The third-order valence-electron chi connectivity index (χ3n) is 3.02. The van der Waals surface area contributed by atoms with Crippen LogP contribution in [0.15, 0.2) is 69.2 Å². The highest BCUT2D eigenvalue weighted by Crippen LogP contribution is 2.21. The molecule has 0 fully saturated rings. The van der Waals surface area contributed by atoms with Crippen LogP contribution in [-0.2, 0) is 4.79 Å². The Labute approximate surface area is 163 Å². The van der Waals surface area contributed by atoms with Gasteiger partial charge in [-0.25, -0.2) is 5.43 Å². The number of nitrogens with zero attached hydrogens (tertiary/aromatic N) is 1. The lowest BCUT2D eigenvalue weighted by atomic mass is 10.2. The lowest BCUT2D eigenvalue weighted by Gasteiger charge is -2.08. The Morgan fingerprint density at radius 1 is 1.16 bits per heavy atom. The van der Waals surface area contributed by atoms with Gasteiger partial charge in [0.05, 0.1) is 12.8 Å². The Bertz CT molecular complexity index is 761. The van der Waals surface area contributed by atoms with Crippen LogP contribution in [-0.4, -0.2) is 25.3 Å². The maximum Gasteiger partial charge on any atom is 0.259 e. The van der Waals surface area contributed by atoms with E-state index in [1.165, 1.54) is 0 Å². The van der Waals surface area contributed by atoms with Crippen LogP contribution in [0.25, 0.3) is 0 Å². The van der Waals surface area contributed by atoms with Gasteiger partial charge in [0.1, 0.15) is 12.4 Å². The van der Waals surface area contributed by atoms with Crippen LogP contribution in [0.1, 0.15) is 5.56 Å². The molecule has 2 aromatic rings. The zero-order valence-electron chi connectivity index (χ0n) is 13.3. The van der Waals surface area contributed by atoms with E-state index in [-0.39, 0.29) is 12.5 Å². The molecule has 7 heteroatoms. The molecule has 0 aliphatic heterocycles. The fourth-order valence-electron chi connectivity index (χ4n) is 1.86. The van der Waals surface area contributed by atoms with Crippen LogP contribution in [0.3, 0.4) is 0 Å². The van der Waals surface area contributed by atoms with Gasteiger partial charge in [0.25, 0.3) is 5.91 Å². The predicted octanol–water partition coefficient (Wildman–Crippen LogP) is 4.34. The molecule has 2 rings (SSSR count). The van der Waals surface area contributed by atoms with Crippen molar-refractivity contribution >= 4 is 49.7 Å². The number of halogens is 2. The fraction of sp³-hybridized carbons (Fsp3) is 0.111. The van der Waals surface area contributed by atoms with Gasteiger partial charge in [-0.05, 0) is 42.5 Å². The van der Waals surface area contributed by atoms with Crippen molar-refractivity contribution < 1.29 is 9.53 Å². The molecule has 0 atom stereocenters. The Balaban J connectivity index is 1.89. The van der Waals surface area contributed by atoms with Gasteiger partial charge in [0.2, 0.25) is 0 Å². The van der Waals surface area contributed by atoms with Gasteiger partial charge in [-0.3, -0.25) is 4.79 Å². The largest absolute Gasteiger partial charge is 0.489 e. The molecule has 0 saturated heterocycles. The van der Waals surface area contributed by atoms with Crippen molar-refractivity contribution in [1.82, 2.24) is 5.43 Å². The van der Waals surface area contributed by atoms with Gasteiger partial charge in [0, 0.05) is 20.2 Å². The van der Waals surface area contributed by atoms with Crippen LogP contribution >= 0.6 is 31.9 Å². The second-order valence-electron chi connectivity index (χ2n) is 4.94. The van der Waals surface area contributed by atoms with Crippen LogP contribution in [0.4, 0.5) is 5.69 Å². The molecule has 2 N–H and O–H groups in total. The zero-order chi connectivity index (χ0) is 18.1. The quantitative estimate of drug-likeness (QED) is 0.345.